The van der Waals surface area contributed by atoms with E-state index in [9.17, 15) is 4.79 Å². The predicted octanol–water partition coefficient (Wildman–Crippen LogP) is 0.666. The second-order valence-electron chi connectivity index (χ2n) is 3.89. The van der Waals surface area contributed by atoms with Crippen molar-refractivity contribution in [2.75, 3.05) is 31.1 Å². The molecule has 0 bridgehead atoms. The number of piperazine rings is 1. The predicted molar refractivity (Wildman–Crippen MR) is 63.2 cm³/mol. The molecule has 0 atom stereocenters. The van der Waals surface area contributed by atoms with E-state index in [-0.39, 0.29) is 5.56 Å². The quantitative estimate of drug-likeness (QED) is 0.782. The number of carbonyl (C=O) groups is 1. The lowest BCUT2D eigenvalue weighted by atomic mass is 10.1. The van der Waals surface area contributed by atoms with E-state index in [0.29, 0.717) is 5.56 Å². The first-order valence-electron chi connectivity index (χ1n) is 5.45. The van der Waals surface area contributed by atoms with Crippen molar-refractivity contribution in [2.24, 2.45) is 0 Å². The zero-order valence-electron chi connectivity index (χ0n) is 9.31. The molecule has 0 aliphatic carbocycles. The summed E-state index contributed by atoms with van der Waals surface area (Å²) in [7, 11) is 0. The smallest absolute Gasteiger partial charge is 0.335 e. The Labute approximate surface area is 99.3 Å². The maximum atomic E-state index is 10.8. The Bertz CT molecular complexity index is 473. The minimum absolute atomic E-state index is 0.153. The molecule has 0 unspecified atom stereocenters. The summed E-state index contributed by atoms with van der Waals surface area (Å²) in [4.78, 5) is 12.9. The van der Waals surface area contributed by atoms with Crippen molar-refractivity contribution < 1.29 is 9.90 Å². The van der Waals surface area contributed by atoms with E-state index in [1.165, 1.54) is 6.07 Å². The molecule has 1 aromatic carbocycles. The van der Waals surface area contributed by atoms with Gasteiger partial charge in [0.15, 0.2) is 0 Å². The number of hydrogen-bond acceptors (Lipinski definition) is 4. The van der Waals surface area contributed by atoms with E-state index < -0.39 is 5.97 Å². The Kier molecular flexibility index (Phi) is 3.26. The highest BCUT2D eigenvalue weighted by Gasteiger charge is 2.15. The number of anilines is 1. The van der Waals surface area contributed by atoms with E-state index in [1.54, 1.807) is 12.1 Å². The molecule has 0 aromatic heterocycles. The molecular formula is C12H13N3O2. The molecule has 1 fully saturated rings. The van der Waals surface area contributed by atoms with Gasteiger partial charge in [-0.15, -0.1) is 0 Å². The summed E-state index contributed by atoms with van der Waals surface area (Å²) >= 11 is 0. The minimum atomic E-state index is -1.01. The fourth-order valence-corrected chi connectivity index (χ4v) is 1.94. The van der Waals surface area contributed by atoms with Crippen LogP contribution in [0.25, 0.3) is 0 Å². The van der Waals surface area contributed by atoms with Gasteiger partial charge >= 0.3 is 5.97 Å². The van der Waals surface area contributed by atoms with E-state index >= 15 is 0 Å². The first kappa shape index (κ1) is 11.4. The van der Waals surface area contributed by atoms with Crippen LogP contribution in [-0.2, 0) is 0 Å². The Hall–Kier alpha value is -2.06. The van der Waals surface area contributed by atoms with Gasteiger partial charge in [-0.25, -0.2) is 4.79 Å². The van der Waals surface area contributed by atoms with Crippen LogP contribution in [0.3, 0.4) is 0 Å². The van der Waals surface area contributed by atoms with Crippen molar-refractivity contribution in [1.29, 1.82) is 5.26 Å². The van der Waals surface area contributed by atoms with Crippen molar-refractivity contribution in [3.8, 4) is 6.07 Å². The first-order valence-corrected chi connectivity index (χ1v) is 5.45. The van der Waals surface area contributed by atoms with Crippen LogP contribution in [0.4, 0.5) is 5.69 Å². The average Bonchev–Trinajstić information content (AvgIpc) is 2.39. The highest BCUT2D eigenvalue weighted by Crippen LogP contribution is 2.21. The third-order valence-corrected chi connectivity index (χ3v) is 2.82. The van der Waals surface area contributed by atoms with Crippen LogP contribution < -0.4 is 10.2 Å². The van der Waals surface area contributed by atoms with E-state index in [4.69, 9.17) is 10.4 Å². The monoisotopic (exact) mass is 231 g/mol. The van der Waals surface area contributed by atoms with Gasteiger partial charge in [-0.3, -0.25) is 0 Å². The van der Waals surface area contributed by atoms with Gasteiger partial charge in [0.2, 0.25) is 0 Å². The summed E-state index contributed by atoms with van der Waals surface area (Å²) in [6.07, 6.45) is 0. The molecule has 0 saturated carbocycles. The fraction of sp³-hybridized carbons (Fsp3) is 0.333. The maximum Gasteiger partial charge on any atom is 0.335 e. The lowest BCUT2D eigenvalue weighted by Gasteiger charge is -2.30. The number of hydrogen-bond donors (Lipinski definition) is 2. The van der Waals surface area contributed by atoms with Crippen LogP contribution in [0.1, 0.15) is 15.9 Å². The zero-order valence-corrected chi connectivity index (χ0v) is 9.31. The molecule has 5 nitrogen and oxygen atoms in total. The molecule has 2 rings (SSSR count). The Morgan fingerprint density at radius 1 is 1.41 bits per heavy atom. The summed E-state index contributed by atoms with van der Waals surface area (Å²) in [5, 5.41) is 21.2. The van der Waals surface area contributed by atoms with Gasteiger partial charge in [-0.2, -0.15) is 5.26 Å². The normalized spacial score (nSPS) is 15.4. The highest BCUT2D eigenvalue weighted by atomic mass is 16.4. The van der Waals surface area contributed by atoms with E-state index in [1.807, 2.05) is 0 Å². The molecule has 0 radical (unpaired) electrons. The summed E-state index contributed by atoms with van der Waals surface area (Å²) in [6, 6.07) is 6.75. The van der Waals surface area contributed by atoms with Crippen molar-refractivity contribution in [1.82, 2.24) is 5.32 Å². The molecule has 2 N–H and O–H groups in total. The van der Waals surface area contributed by atoms with Crippen LogP contribution in [0.5, 0.6) is 0 Å². The molecule has 0 spiro atoms. The summed E-state index contributed by atoms with van der Waals surface area (Å²) in [6.45, 7) is 3.43. The molecule has 1 aromatic rings. The number of nitrogens with zero attached hydrogens (tertiary/aromatic N) is 2. The molecule has 5 heteroatoms. The molecule has 0 amide bonds. The standard InChI is InChI=1S/C12H13N3O2/c13-8-10-7-9(12(16)17)1-2-11(10)15-5-3-14-4-6-15/h1-2,7,14H,3-6H2,(H,16,17). The minimum Gasteiger partial charge on any atom is -0.478 e. The first-order chi connectivity index (χ1) is 8.22. The Morgan fingerprint density at radius 3 is 2.71 bits per heavy atom. The van der Waals surface area contributed by atoms with Gasteiger partial charge in [0.05, 0.1) is 16.8 Å². The number of rotatable bonds is 2. The van der Waals surface area contributed by atoms with Crippen LogP contribution in [0.15, 0.2) is 18.2 Å². The van der Waals surface area contributed by atoms with Crippen molar-refractivity contribution >= 4 is 11.7 Å². The van der Waals surface area contributed by atoms with Gasteiger partial charge in [0.25, 0.3) is 0 Å². The second-order valence-corrected chi connectivity index (χ2v) is 3.89. The van der Waals surface area contributed by atoms with Crippen LogP contribution >= 0.6 is 0 Å². The lowest BCUT2D eigenvalue weighted by molar-refractivity contribution is 0.0697. The maximum absolute atomic E-state index is 10.8. The van der Waals surface area contributed by atoms with Gasteiger partial charge in [0, 0.05) is 26.2 Å². The van der Waals surface area contributed by atoms with Crippen molar-refractivity contribution in [3.63, 3.8) is 0 Å². The van der Waals surface area contributed by atoms with Gasteiger partial charge in [-0.05, 0) is 18.2 Å². The van der Waals surface area contributed by atoms with Crippen molar-refractivity contribution in [2.45, 2.75) is 0 Å². The van der Waals surface area contributed by atoms with Crippen molar-refractivity contribution in [3.05, 3.63) is 29.3 Å². The third-order valence-electron chi connectivity index (χ3n) is 2.82. The van der Waals surface area contributed by atoms with Crippen LogP contribution in [0, 0.1) is 11.3 Å². The molecule has 1 saturated heterocycles. The van der Waals surface area contributed by atoms with Crippen LogP contribution in [0.2, 0.25) is 0 Å². The number of nitrogens with one attached hydrogen (secondary N) is 1. The van der Waals surface area contributed by atoms with E-state index in [0.717, 1.165) is 31.9 Å². The Balaban J connectivity index is 2.34. The average molecular weight is 231 g/mol. The molecule has 1 aliphatic heterocycles. The highest BCUT2D eigenvalue weighted by molar-refractivity contribution is 5.89. The second kappa shape index (κ2) is 4.85. The molecule has 88 valence electrons. The fourth-order valence-electron chi connectivity index (χ4n) is 1.94. The summed E-state index contributed by atoms with van der Waals surface area (Å²) < 4.78 is 0. The number of nitriles is 1. The SMILES string of the molecule is N#Cc1cc(C(=O)O)ccc1N1CCNCC1. The van der Waals surface area contributed by atoms with E-state index in [2.05, 4.69) is 16.3 Å². The topological polar surface area (TPSA) is 76.4 Å². The lowest BCUT2D eigenvalue weighted by Crippen LogP contribution is -2.43. The molecular weight excluding hydrogens is 218 g/mol. The van der Waals surface area contributed by atoms with Gasteiger partial charge < -0.3 is 15.3 Å². The third kappa shape index (κ3) is 2.37. The number of benzene rings is 1. The van der Waals surface area contributed by atoms with Gasteiger partial charge in [-0.1, -0.05) is 0 Å². The molecule has 1 heterocycles. The number of carboxylic acid groups (broad SMARTS) is 1. The number of aromatic carboxylic acids is 1. The molecule has 1 aliphatic rings. The number of carboxylic acids is 1. The summed E-state index contributed by atoms with van der Waals surface area (Å²) in [5.41, 5.74) is 1.39. The summed E-state index contributed by atoms with van der Waals surface area (Å²) in [5.74, 6) is -1.01. The van der Waals surface area contributed by atoms with Crippen LogP contribution in [-0.4, -0.2) is 37.3 Å². The molecule has 17 heavy (non-hydrogen) atoms. The largest absolute Gasteiger partial charge is 0.478 e. The zero-order chi connectivity index (χ0) is 12.3. The Morgan fingerprint density at radius 2 is 2.12 bits per heavy atom. The van der Waals surface area contributed by atoms with Gasteiger partial charge in [0.1, 0.15) is 6.07 Å².